The molecular formula is C23H26O12. The number of hydrogen-bond acceptors (Lipinski definition) is 12. The van der Waals surface area contributed by atoms with Gasteiger partial charge in [-0.15, -0.1) is 0 Å². The summed E-state index contributed by atoms with van der Waals surface area (Å²) in [4.78, 5) is 23.2. The molecule has 1 heterocycles. The SMILES string of the molecule is CC(=O)CCOc1ccc(OC2OC(COC(=O)c3cc(O)c(O)c(O)c3)C(O)C(O)C2O)cc1. The average molecular weight is 494 g/mol. The van der Waals surface area contributed by atoms with Crippen molar-refractivity contribution in [3.05, 3.63) is 42.0 Å². The number of esters is 1. The molecule has 190 valence electrons. The molecule has 12 heteroatoms. The fourth-order valence-corrected chi connectivity index (χ4v) is 3.18. The minimum Gasteiger partial charge on any atom is -0.504 e. The number of aromatic hydroxyl groups is 3. The molecule has 0 spiro atoms. The molecule has 0 radical (unpaired) electrons. The van der Waals surface area contributed by atoms with Gasteiger partial charge in [0.2, 0.25) is 6.29 Å². The van der Waals surface area contributed by atoms with Crippen LogP contribution in [0.5, 0.6) is 28.7 Å². The number of carbonyl (C=O) groups is 2. The first-order valence-electron chi connectivity index (χ1n) is 10.6. The van der Waals surface area contributed by atoms with Crippen LogP contribution in [0.4, 0.5) is 0 Å². The van der Waals surface area contributed by atoms with E-state index in [1.165, 1.54) is 19.1 Å². The molecule has 0 bridgehead atoms. The number of benzene rings is 2. The van der Waals surface area contributed by atoms with Gasteiger partial charge < -0.3 is 49.6 Å². The summed E-state index contributed by atoms with van der Waals surface area (Å²) in [5, 5.41) is 59.1. The van der Waals surface area contributed by atoms with Crippen LogP contribution in [0.1, 0.15) is 23.7 Å². The largest absolute Gasteiger partial charge is 0.504 e. The molecule has 12 nitrogen and oxygen atoms in total. The van der Waals surface area contributed by atoms with Gasteiger partial charge in [0.25, 0.3) is 0 Å². The molecule has 0 aliphatic carbocycles. The van der Waals surface area contributed by atoms with Crippen molar-refractivity contribution in [2.75, 3.05) is 13.2 Å². The maximum Gasteiger partial charge on any atom is 0.338 e. The van der Waals surface area contributed by atoms with Gasteiger partial charge in [-0.3, -0.25) is 4.79 Å². The molecule has 5 atom stereocenters. The first kappa shape index (κ1) is 26.0. The highest BCUT2D eigenvalue weighted by atomic mass is 16.7. The zero-order valence-electron chi connectivity index (χ0n) is 18.6. The van der Waals surface area contributed by atoms with Crippen molar-refractivity contribution in [3.8, 4) is 28.7 Å². The third kappa shape index (κ3) is 6.51. The average Bonchev–Trinajstić information content (AvgIpc) is 2.82. The van der Waals surface area contributed by atoms with Gasteiger partial charge in [0.05, 0.1) is 12.2 Å². The topological polar surface area (TPSA) is 192 Å². The summed E-state index contributed by atoms with van der Waals surface area (Å²) in [6.45, 7) is 1.10. The molecule has 1 fully saturated rings. The van der Waals surface area contributed by atoms with E-state index >= 15 is 0 Å². The van der Waals surface area contributed by atoms with Crippen molar-refractivity contribution < 1.29 is 59.2 Å². The third-order valence-corrected chi connectivity index (χ3v) is 5.15. The molecule has 3 rings (SSSR count). The van der Waals surface area contributed by atoms with Crippen LogP contribution in [0.2, 0.25) is 0 Å². The maximum atomic E-state index is 12.2. The molecule has 1 aliphatic rings. The molecule has 35 heavy (non-hydrogen) atoms. The molecule has 2 aromatic carbocycles. The highest BCUT2D eigenvalue weighted by molar-refractivity contribution is 5.91. The predicted octanol–water partition coefficient (Wildman–Crippen LogP) is 0.205. The fraction of sp³-hybridized carbons (Fsp3) is 0.391. The Morgan fingerprint density at radius 3 is 2.11 bits per heavy atom. The van der Waals surface area contributed by atoms with Crippen molar-refractivity contribution in [2.45, 2.75) is 44.1 Å². The molecular weight excluding hydrogens is 468 g/mol. The lowest BCUT2D eigenvalue weighted by Crippen LogP contribution is -2.60. The Hall–Kier alpha value is -3.58. The van der Waals surface area contributed by atoms with Crippen LogP contribution >= 0.6 is 0 Å². The molecule has 0 aromatic heterocycles. The maximum absolute atomic E-state index is 12.2. The van der Waals surface area contributed by atoms with Crippen molar-refractivity contribution in [1.82, 2.24) is 0 Å². The Labute approximate surface area is 199 Å². The minimum absolute atomic E-state index is 0.00581. The quantitative estimate of drug-likeness (QED) is 0.205. The van der Waals surface area contributed by atoms with E-state index in [4.69, 9.17) is 18.9 Å². The van der Waals surface area contributed by atoms with Gasteiger partial charge in [0.15, 0.2) is 17.2 Å². The first-order valence-corrected chi connectivity index (χ1v) is 10.6. The summed E-state index contributed by atoms with van der Waals surface area (Å²) in [6.07, 6.45) is -7.40. The van der Waals surface area contributed by atoms with Crippen LogP contribution in [0, 0.1) is 0 Å². The number of phenols is 3. The van der Waals surface area contributed by atoms with E-state index in [1.807, 2.05) is 0 Å². The number of rotatable bonds is 9. The lowest BCUT2D eigenvalue weighted by Gasteiger charge is -2.39. The predicted molar refractivity (Wildman–Crippen MR) is 116 cm³/mol. The lowest BCUT2D eigenvalue weighted by atomic mass is 9.99. The number of carbonyl (C=O) groups excluding carboxylic acids is 2. The summed E-state index contributed by atoms with van der Waals surface area (Å²) < 4.78 is 21.5. The smallest absolute Gasteiger partial charge is 0.338 e. The second-order valence-electron chi connectivity index (χ2n) is 7.87. The van der Waals surface area contributed by atoms with Crippen molar-refractivity contribution in [1.29, 1.82) is 0 Å². The van der Waals surface area contributed by atoms with Gasteiger partial charge in [-0.2, -0.15) is 0 Å². The van der Waals surface area contributed by atoms with Gasteiger partial charge in [-0.05, 0) is 43.3 Å². The Bertz CT molecular complexity index is 1010. The van der Waals surface area contributed by atoms with Crippen LogP contribution in [0.25, 0.3) is 0 Å². The van der Waals surface area contributed by atoms with Crippen molar-refractivity contribution in [3.63, 3.8) is 0 Å². The summed E-state index contributed by atoms with van der Waals surface area (Å²) in [6, 6.07) is 7.89. The second-order valence-corrected chi connectivity index (χ2v) is 7.87. The number of ketones is 1. The molecule has 1 aliphatic heterocycles. The summed E-state index contributed by atoms with van der Waals surface area (Å²) in [5.74, 6) is -2.60. The van der Waals surface area contributed by atoms with Crippen molar-refractivity contribution in [2.24, 2.45) is 0 Å². The standard InChI is InChI=1S/C23H26O12/c1-11(24)6-7-32-13-2-4-14(5-3-13)34-23-21(30)20(29)19(28)17(35-23)10-33-22(31)12-8-15(25)18(27)16(26)9-12/h2-5,8-9,17,19-21,23,25-30H,6-7,10H2,1H3. The van der Waals surface area contributed by atoms with E-state index in [2.05, 4.69) is 0 Å². The molecule has 0 amide bonds. The zero-order chi connectivity index (χ0) is 25.7. The Balaban J connectivity index is 1.60. The van der Waals surface area contributed by atoms with Gasteiger partial charge in [-0.25, -0.2) is 4.79 Å². The molecule has 1 saturated heterocycles. The number of aliphatic hydroxyl groups excluding tert-OH is 3. The highest BCUT2D eigenvalue weighted by Gasteiger charge is 2.45. The van der Waals surface area contributed by atoms with E-state index in [9.17, 15) is 40.2 Å². The third-order valence-electron chi connectivity index (χ3n) is 5.15. The van der Waals surface area contributed by atoms with Gasteiger partial charge in [0, 0.05) is 6.42 Å². The van der Waals surface area contributed by atoms with Crippen LogP contribution in [0.15, 0.2) is 36.4 Å². The van der Waals surface area contributed by atoms with Crippen LogP contribution in [0.3, 0.4) is 0 Å². The lowest BCUT2D eigenvalue weighted by molar-refractivity contribution is -0.277. The monoisotopic (exact) mass is 494 g/mol. The van der Waals surface area contributed by atoms with Crippen LogP contribution < -0.4 is 9.47 Å². The first-order chi connectivity index (χ1) is 16.6. The highest BCUT2D eigenvalue weighted by Crippen LogP contribution is 2.35. The normalized spacial score (nSPS) is 23.9. The molecule has 0 saturated carbocycles. The molecule has 6 N–H and O–H groups in total. The number of Topliss-reactive ketones (excluding diaryl/α,β-unsaturated/α-hetero) is 1. The summed E-state index contributed by atoms with van der Waals surface area (Å²) >= 11 is 0. The second kappa shape index (κ2) is 11.2. The minimum atomic E-state index is -1.69. The van der Waals surface area contributed by atoms with E-state index in [-0.39, 0.29) is 30.1 Å². The van der Waals surface area contributed by atoms with E-state index < -0.39 is 60.5 Å². The Morgan fingerprint density at radius 1 is 0.914 bits per heavy atom. The van der Waals surface area contributed by atoms with E-state index in [0.717, 1.165) is 12.1 Å². The van der Waals surface area contributed by atoms with Crippen LogP contribution in [-0.4, -0.2) is 86.3 Å². The van der Waals surface area contributed by atoms with Gasteiger partial charge in [0.1, 0.15) is 48.3 Å². The fourth-order valence-electron chi connectivity index (χ4n) is 3.18. The number of ether oxygens (including phenoxy) is 4. The number of phenolic OH excluding ortho intramolecular Hbond substituents is 3. The summed E-state index contributed by atoms with van der Waals surface area (Å²) in [5.41, 5.74) is -0.290. The van der Waals surface area contributed by atoms with Crippen molar-refractivity contribution >= 4 is 11.8 Å². The Morgan fingerprint density at radius 2 is 1.51 bits per heavy atom. The molecule has 5 unspecified atom stereocenters. The number of aliphatic hydroxyl groups is 3. The Kier molecular flexibility index (Phi) is 8.35. The number of hydrogen-bond donors (Lipinski definition) is 6. The molecule has 2 aromatic rings. The zero-order valence-corrected chi connectivity index (χ0v) is 18.6. The van der Waals surface area contributed by atoms with Gasteiger partial charge >= 0.3 is 5.97 Å². The van der Waals surface area contributed by atoms with E-state index in [1.54, 1.807) is 12.1 Å². The van der Waals surface area contributed by atoms with Gasteiger partial charge in [-0.1, -0.05) is 0 Å². The van der Waals surface area contributed by atoms with E-state index in [0.29, 0.717) is 5.75 Å². The summed E-state index contributed by atoms with van der Waals surface area (Å²) in [7, 11) is 0. The van der Waals surface area contributed by atoms with Crippen LogP contribution in [-0.2, 0) is 14.3 Å².